The third-order valence-electron chi connectivity index (χ3n) is 3.76. The van der Waals surface area contributed by atoms with Crippen LogP contribution in [0, 0.1) is 0 Å². The number of nitrogens with one attached hydrogen (secondary N) is 1. The number of hydrogen-bond donors (Lipinski definition) is 2. The largest absolute Gasteiger partial charge is 0.444 e. The first-order chi connectivity index (χ1) is 11.2. The van der Waals surface area contributed by atoms with E-state index >= 15 is 0 Å². The van der Waals surface area contributed by atoms with E-state index in [0.29, 0.717) is 18.7 Å². The monoisotopic (exact) mass is 397 g/mol. The molecular formula is C17H24BrN3O3. The topological polar surface area (TPSA) is 84.7 Å². The Hall–Kier alpha value is -1.76. The van der Waals surface area contributed by atoms with Crippen LogP contribution in [0.1, 0.15) is 44.0 Å². The summed E-state index contributed by atoms with van der Waals surface area (Å²) in [5.74, 6) is -0.451. The summed E-state index contributed by atoms with van der Waals surface area (Å²) >= 11 is 3.46. The van der Waals surface area contributed by atoms with Gasteiger partial charge in [-0.2, -0.15) is 0 Å². The minimum atomic E-state index is -0.473. The van der Waals surface area contributed by atoms with Gasteiger partial charge in [-0.3, -0.25) is 4.79 Å². The number of nitrogens with two attached hydrogens (primary N) is 1. The van der Waals surface area contributed by atoms with Crippen molar-refractivity contribution in [3.63, 3.8) is 0 Å². The van der Waals surface area contributed by atoms with Gasteiger partial charge in [0.25, 0.3) is 0 Å². The molecule has 2 rings (SSSR count). The molecule has 2 amide bonds. The van der Waals surface area contributed by atoms with Crippen LogP contribution in [0.15, 0.2) is 22.7 Å². The first kappa shape index (κ1) is 18.6. The molecule has 1 saturated heterocycles. The van der Waals surface area contributed by atoms with E-state index in [9.17, 15) is 9.59 Å². The minimum absolute atomic E-state index is 0.257. The van der Waals surface area contributed by atoms with Gasteiger partial charge in [0.05, 0.1) is 0 Å². The summed E-state index contributed by atoms with van der Waals surface area (Å²) in [6.07, 6.45) is 1.42. The minimum Gasteiger partial charge on any atom is -0.444 e. The molecule has 1 fully saturated rings. The second-order valence-corrected chi connectivity index (χ2v) is 7.80. The number of amides is 2. The van der Waals surface area contributed by atoms with E-state index in [1.165, 1.54) is 0 Å². The van der Waals surface area contributed by atoms with Crippen molar-refractivity contribution >= 4 is 33.6 Å². The van der Waals surface area contributed by atoms with Crippen LogP contribution < -0.4 is 11.1 Å². The van der Waals surface area contributed by atoms with E-state index in [-0.39, 0.29) is 12.1 Å². The Kier molecular flexibility index (Phi) is 5.74. The number of nitrogens with zero attached hydrogens (tertiary/aromatic N) is 1. The van der Waals surface area contributed by atoms with Gasteiger partial charge in [-0.1, -0.05) is 0 Å². The summed E-state index contributed by atoms with van der Waals surface area (Å²) in [6.45, 7) is 6.92. The number of rotatable bonds is 3. The van der Waals surface area contributed by atoms with E-state index in [1.807, 2.05) is 26.8 Å². The zero-order valence-electron chi connectivity index (χ0n) is 14.3. The maximum absolute atomic E-state index is 12.1. The quantitative estimate of drug-likeness (QED) is 0.818. The van der Waals surface area contributed by atoms with E-state index in [0.717, 1.165) is 23.0 Å². The van der Waals surface area contributed by atoms with Gasteiger partial charge >= 0.3 is 6.09 Å². The van der Waals surface area contributed by atoms with Crippen LogP contribution in [-0.4, -0.2) is 41.6 Å². The predicted octanol–water partition coefficient (Wildman–Crippen LogP) is 3.36. The maximum Gasteiger partial charge on any atom is 0.410 e. The average molecular weight is 398 g/mol. The molecule has 24 heavy (non-hydrogen) atoms. The summed E-state index contributed by atoms with van der Waals surface area (Å²) in [4.78, 5) is 25.0. The van der Waals surface area contributed by atoms with E-state index < -0.39 is 11.5 Å². The molecule has 0 aliphatic carbocycles. The van der Waals surface area contributed by atoms with Gasteiger partial charge in [-0.15, -0.1) is 0 Å². The van der Waals surface area contributed by atoms with E-state index in [1.54, 1.807) is 17.0 Å². The lowest BCUT2D eigenvalue weighted by Crippen LogP contribution is -2.44. The Morgan fingerprint density at radius 1 is 1.29 bits per heavy atom. The lowest BCUT2D eigenvalue weighted by atomic mass is 10.0. The Balaban J connectivity index is 1.89. The number of primary amides is 1. The van der Waals surface area contributed by atoms with E-state index in [4.69, 9.17) is 10.5 Å². The third kappa shape index (κ3) is 5.12. The molecule has 3 N–H and O–H groups in total. The highest BCUT2D eigenvalue weighted by molar-refractivity contribution is 9.10. The smallest absolute Gasteiger partial charge is 0.410 e. The number of halogens is 1. The molecule has 1 aromatic carbocycles. The molecule has 1 aromatic rings. The van der Waals surface area contributed by atoms with Crippen molar-refractivity contribution < 1.29 is 14.3 Å². The molecule has 0 radical (unpaired) electrons. The summed E-state index contributed by atoms with van der Waals surface area (Å²) in [7, 11) is 0. The van der Waals surface area contributed by atoms with Crippen LogP contribution in [0.4, 0.5) is 10.5 Å². The normalized spacial score (nSPS) is 15.9. The Bertz CT molecular complexity index is 620. The number of anilines is 1. The van der Waals surface area contributed by atoms with E-state index in [2.05, 4.69) is 21.2 Å². The van der Waals surface area contributed by atoms with Gasteiger partial charge in [0, 0.05) is 34.9 Å². The molecule has 0 atom stereocenters. The standard InChI is InChI=1S/C17H24BrN3O3/c1-17(2,3)24-16(23)21-8-6-12(7-9-21)20-14-5-4-11(15(19)22)10-13(14)18/h4-5,10,12,20H,6-9H2,1-3H3,(H2,19,22). The Morgan fingerprint density at radius 2 is 1.92 bits per heavy atom. The van der Waals surface area contributed by atoms with Gasteiger partial charge in [0.15, 0.2) is 0 Å². The predicted molar refractivity (Wildman–Crippen MR) is 97.1 cm³/mol. The zero-order valence-corrected chi connectivity index (χ0v) is 15.9. The van der Waals surface area contributed by atoms with Crippen molar-refractivity contribution in [3.8, 4) is 0 Å². The fourth-order valence-electron chi connectivity index (χ4n) is 2.54. The molecule has 0 bridgehead atoms. The van der Waals surface area contributed by atoms with Gasteiger partial charge in [-0.05, 0) is 67.7 Å². The van der Waals surface area contributed by atoms with Crippen molar-refractivity contribution in [2.45, 2.75) is 45.3 Å². The summed E-state index contributed by atoms with van der Waals surface area (Å²) < 4.78 is 6.20. The van der Waals surface area contributed by atoms with Crippen molar-refractivity contribution in [2.24, 2.45) is 5.73 Å². The summed E-state index contributed by atoms with van der Waals surface area (Å²) in [6, 6.07) is 5.51. The number of likely N-dealkylation sites (tertiary alicyclic amines) is 1. The fraction of sp³-hybridized carbons (Fsp3) is 0.529. The first-order valence-electron chi connectivity index (χ1n) is 7.99. The lowest BCUT2D eigenvalue weighted by molar-refractivity contribution is 0.0210. The second kappa shape index (κ2) is 7.42. The van der Waals surface area contributed by atoms with Crippen molar-refractivity contribution in [3.05, 3.63) is 28.2 Å². The zero-order chi connectivity index (χ0) is 17.9. The molecule has 1 aliphatic heterocycles. The van der Waals surface area contributed by atoms with Crippen LogP contribution in [0.25, 0.3) is 0 Å². The summed E-state index contributed by atoms with van der Waals surface area (Å²) in [5, 5.41) is 3.45. The van der Waals surface area contributed by atoms with Crippen molar-refractivity contribution in [2.75, 3.05) is 18.4 Å². The molecular weight excluding hydrogens is 374 g/mol. The highest BCUT2D eigenvalue weighted by Crippen LogP contribution is 2.26. The Labute approximate surface area is 150 Å². The van der Waals surface area contributed by atoms with Crippen molar-refractivity contribution in [1.29, 1.82) is 0 Å². The van der Waals surface area contributed by atoms with Gasteiger partial charge in [0.1, 0.15) is 5.60 Å². The van der Waals surface area contributed by atoms with Gasteiger partial charge in [-0.25, -0.2) is 4.79 Å². The molecule has 7 heteroatoms. The molecule has 0 aromatic heterocycles. The van der Waals surface area contributed by atoms with Crippen LogP contribution >= 0.6 is 15.9 Å². The third-order valence-corrected chi connectivity index (χ3v) is 4.42. The van der Waals surface area contributed by atoms with Crippen LogP contribution in [0.3, 0.4) is 0 Å². The van der Waals surface area contributed by atoms with Crippen LogP contribution in [0.5, 0.6) is 0 Å². The van der Waals surface area contributed by atoms with Gasteiger partial charge < -0.3 is 20.7 Å². The highest BCUT2D eigenvalue weighted by atomic mass is 79.9. The number of ether oxygens (including phenoxy) is 1. The number of carbonyl (C=O) groups is 2. The summed E-state index contributed by atoms with van der Waals surface area (Å²) in [5.41, 5.74) is 6.18. The number of piperidine rings is 1. The van der Waals surface area contributed by atoms with Crippen molar-refractivity contribution in [1.82, 2.24) is 4.90 Å². The Morgan fingerprint density at radius 3 is 2.42 bits per heavy atom. The molecule has 132 valence electrons. The maximum atomic E-state index is 12.1. The molecule has 0 saturated carbocycles. The highest BCUT2D eigenvalue weighted by Gasteiger charge is 2.27. The van der Waals surface area contributed by atoms with Gasteiger partial charge in [0.2, 0.25) is 5.91 Å². The lowest BCUT2D eigenvalue weighted by Gasteiger charge is -2.34. The molecule has 0 unspecified atom stereocenters. The number of hydrogen-bond acceptors (Lipinski definition) is 4. The molecule has 1 heterocycles. The molecule has 1 aliphatic rings. The molecule has 0 spiro atoms. The average Bonchev–Trinajstić information content (AvgIpc) is 2.48. The first-order valence-corrected chi connectivity index (χ1v) is 8.79. The number of benzene rings is 1. The molecule has 6 nitrogen and oxygen atoms in total. The number of carbonyl (C=O) groups excluding carboxylic acids is 2. The van der Waals surface area contributed by atoms with Crippen LogP contribution in [0.2, 0.25) is 0 Å². The SMILES string of the molecule is CC(C)(C)OC(=O)N1CCC(Nc2ccc(C(N)=O)cc2Br)CC1. The van der Waals surface area contributed by atoms with Crippen LogP contribution in [-0.2, 0) is 4.74 Å². The fourth-order valence-corrected chi connectivity index (χ4v) is 3.03. The second-order valence-electron chi connectivity index (χ2n) is 6.94.